The van der Waals surface area contributed by atoms with Crippen molar-refractivity contribution >= 4 is 11.8 Å². The minimum absolute atomic E-state index is 0.119. The SMILES string of the molecule is CNCCOCCOCCNC(=O)CCC(=O)NCCN(CCCCC(C)N=O)CCNC(C)(C)C(C)N=O. The van der Waals surface area contributed by atoms with Gasteiger partial charge in [-0.25, -0.2) is 0 Å². The molecule has 0 spiro atoms. The zero-order valence-electron chi connectivity index (χ0n) is 24.8. The van der Waals surface area contributed by atoms with Gasteiger partial charge in [-0.3, -0.25) is 9.59 Å². The molecule has 0 aliphatic carbocycles. The van der Waals surface area contributed by atoms with Gasteiger partial charge in [-0.1, -0.05) is 10.4 Å². The average molecular weight is 560 g/mol. The molecule has 0 rings (SSSR count). The summed E-state index contributed by atoms with van der Waals surface area (Å²) >= 11 is 0. The average Bonchev–Trinajstić information content (AvgIpc) is 2.92. The topological polar surface area (TPSA) is 163 Å². The van der Waals surface area contributed by atoms with Crippen molar-refractivity contribution in [1.82, 2.24) is 26.2 Å². The Balaban J connectivity index is 4.23. The number of ether oxygens (including phenoxy) is 2. The largest absolute Gasteiger partial charge is 0.378 e. The van der Waals surface area contributed by atoms with Gasteiger partial charge < -0.3 is 35.6 Å². The van der Waals surface area contributed by atoms with Crippen LogP contribution in [0.4, 0.5) is 0 Å². The van der Waals surface area contributed by atoms with Crippen molar-refractivity contribution in [2.75, 3.05) is 79.3 Å². The van der Waals surface area contributed by atoms with Gasteiger partial charge >= 0.3 is 0 Å². The van der Waals surface area contributed by atoms with Crippen molar-refractivity contribution < 1.29 is 19.1 Å². The van der Waals surface area contributed by atoms with Gasteiger partial charge in [-0.05, 0) is 60.5 Å². The lowest BCUT2D eigenvalue weighted by Crippen LogP contribution is -2.50. The summed E-state index contributed by atoms with van der Waals surface area (Å²) in [6.45, 7) is 14.0. The van der Waals surface area contributed by atoms with Gasteiger partial charge in [0.1, 0.15) is 6.04 Å². The Kier molecular flexibility index (Phi) is 22.5. The molecule has 0 aromatic rings. The molecule has 0 aliphatic heterocycles. The highest BCUT2D eigenvalue weighted by Gasteiger charge is 2.26. The van der Waals surface area contributed by atoms with Crippen LogP contribution in [0.3, 0.4) is 0 Å². The molecule has 0 aliphatic rings. The molecule has 4 N–H and O–H groups in total. The number of amides is 2. The summed E-state index contributed by atoms with van der Waals surface area (Å²) in [7, 11) is 1.86. The summed E-state index contributed by atoms with van der Waals surface area (Å²) in [4.78, 5) is 48.0. The lowest BCUT2D eigenvalue weighted by Gasteiger charge is -2.30. The number of rotatable bonds is 27. The summed E-state index contributed by atoms with van der Waals surface area (Å²) in [6, 6.07) is -0.546. The molecule has 0 saturated carbocycles. The summed E-state index contributed by atoms with van der Waals surface area (Å²) in [5.41, 5.74) is -0.417. The van der Waals surface area contributed by atoms with Crippen molar-refractivity contribution in [1.29, 1.82) is 0 Å². The zero-order valence-corrected chi connectivity index (χ0v) is 24.8. The van der Waals surface area contributed by atoms with E-state index in [1.54, 1.807) is 6.92 Å². The van der Waals surface area contributed by atoms with Crippen LogP contribution >= 0.6 is 0 Å². The summed E-state index contributed by atoms with van der Waals surface area (Å²) in [5, 5.41) is 18.2. The number of nitrogens with one attached hydrogen (secondary N) is 4. The fourth-order valence-electron chi connectivity index (χ4n) is 3.50. The normalized spacial score (nSPS) is 13.2. The van der Waals surface area contributed by atoms with Crippen LogP contribution in [0.1, 0.15) is 59.8 Å². The molecule has 228 valence electrons. The Morgan fingerprint density at radius 2 is 1.38 bits per heavy atom. The Morgan fingerprint density at radius 1 is 0.795 bits per heavy atom. The Bertz CT molecular complexity index is 669. The van der Waals surface area contributed by atoms with Crippen LogP contribution in [0.2, 0.25) is 0 Å². The van der Waals surface area contributed by atoms with Gasteiger partial charge in [0, 0.05) is 57.6 Å². The maximum atomic E-state index is 12.2. The van der Waals surface area contributed by atoms with E-state index in [0.29, 0.717) is 52.6 Å². The minimum atomic E-state index is -0.417. The van der Waals surface area contributed by atoms with Crippen LogP contribution in [0.5, 0.6) is 0 Å². The van der Waals surface area contributed by atoms with Gasteiger partial charge in [0.05, 0.1) is 32.5 Å². The fourth-order valence-corrected chi connectivity index (χ4v) is 3.50. The van der Waals surface area contributed by atoms with E-state index in [1.807, 2.05) is 27.8 Å². The predicted octanol–water partition coefficient (Wildman–Crippen LogP) is 1.40. The second-order valence-electron chi connectivity index (χ2n) is 10.2. The molecule has 0 fully saturated rings. The van der Waals surface area contributed by atoms with E-state index in [2.05, 4.69) is 36.5 Å². The summed E-state index contributed by atoms with van der Waals surface area (Å²) in [5.74, 6) is -0.358. The van der Waals surface area contributed by atoms with Crippen LogP contribution in [-0.4, -0.2) is 114 Å². The summed E-state index contributed by atoms with van der Waals surface area (Å²) < 4.78 is 10.7. The third kappa shape index (κ3) is 21.4. The number of carbonyl (C=O) groups is 2. The number of unbranched alkanes of at least 4 members (excludes halogenated alkanes) is 1. The van der Waals surface area contributed by atoms with E-state index in [9.17, 15) is 19.4 Å². The number of hydrogen-bond acceptors (Lipinski definition) is 11. The van der Waals surface area contributed by atoms with Gasteiger partial charge in [-0.15, -0.1) is 0 Å². The molecule has 13 heteroatoms. The predicted molar refractivity (Wildman–Crippen MR) is 154 cm³/mol. The Morgan fingerprint density at radius 3 is 1.97 bits per heavy atom. The van der Waals surface area contributed by atoms with Crippen molar-refractivity contribution in [3.8, 4) is 0 Å². The van der Waals surface area contributed by atoms with Gasteiger partial charge in [0.25, 0.3) is 0 Å². The van der Waals surface area contributed by atoms with E-state index in [4.69, 9.17) is 9.47 Å². The van der Waals surface area contributed by atoms with E-state index in [0.717, 1.165) is 38.9 Å². The zero-order chi connectivity index (χ0) is 29.4. The first-order chi connectivity index (χ1) is 18.7. The number of likely N-dealkylation sites (N-methyl/N-ethyl adjacent to an activating group) is 1. The first kappa shape index (κ1) is 36.9. The van der Waals surface area contributed by atoms with Crippen LogP contribution in [-0.2, 0) is 19.1 Å². The van der Waals surface area contributed by atoms with E-state index >= 15 is 0 Å². The van der Waals surface area contributed by atoms with Crippen molar-refractivity contribution in [2.24, 2.45) is 10.4 Å². The Hall–Kier alpha value is -2.06. The van der Waals surface area contributed by atoms with Crippen molar-refractivity contribution in [2.45, 2.75) is 77.4 Å². The molecule has 0 heterocycles. The minimum Gasteiger partial charge on any atom is -0.378 e. The first-order valence-electron chi connectivity index (χ1n) is 14.1. The third-order valence-corrected chi connectivity index (χ3v) is 6.50. The molecule has 0 aromatic carbocycles. The lowest BCUT2D eigenvalue weighted by molar-refractivity contribution is -0.126. The first-order valence-corrected chi connectivity index (χ1v) is 14.1. The monoisotopic (exact) mass is 559 g/mol. The van der Waals surface area contributed by atoms with E-state index in [1.165, 1.54) is 0 Å². The molecule has 2 amide bonds. The number of nitrogens with zero attached hydrogens (tertiary/aromatic N) is 3. The third-order valence-electron chi connectivity index (χ3n) is 6.50. The van der Waals surface area contributed by atoms with Crippen molar-refractivity contribution in [3.05, 3.63) is 9.81 Å². The van der Waals surface area contributed by atoms with E-state index in [-0.39, 0.29) is 36.7 Å². The fraction of sp³-hybridized carbons (Fsp3) is 0.923. The molecule has 0 saturated heterocycles. The Labute approximate surface area is 234 Å². The standard InChI is InChI=1S/C26H53N7O6/c1-22(31-36)8-6-7-15-33(17-12-30-26(3,4)23(2)32-37)16-11-28-24(34)9-10-25(35)29-14-19-39-21-20-38-18-13-27-5/h22-23,27,30H,6-21H2,1-5H3,(H,28,34)(H,29,35). The molecule has 0 radical (unpaired) electrons. The van der Waals surface area contributed by atoms with Gasteiger partial charge in [0.2, 0.25) is 11.8 Å². The molecular formula is C26H53N7O6. The molecule has 13 nitrogen and oxygen atoms in total. The smallest absolute Gasteiger partial charge is 0.220 e. The molecule has 2 unspecified atom stereocenters. The highest BCUT2D eigenvalue weighted by Crippen LogP contribution is 2.11. The maximum Gasteiger partial charge on any atom is 0.220 e. The number of hydrogen-bond donors (Lipinski definition) is 4. The van der Waals surface area contributed by atoms with Gasteiger partial charge in [0.15, 0.2) is 0 Å². The molecule has 0 aromatic heterocycles. The highest BCUT2D eigenvalue weighted by atomic mass is 16.5. The van der Waals surface area contributed by atoms with Crippen LogP contribution in [0, 0.1) is 9.81 Å². The number of carbonyl (C=O) groups excluding carboxylic acids is 2. The van der Waals surface area contributed by atoms with Crippen LogP contribution in [0.15, 0.2) is 10.4 Å². The van der Waals surface area contributed by atoms with E-state index < -0.39 is 5.54 Å². The molecule has 39 heavy (non-hydrogen) atoms. The van der Waals surface area contributed by atoms with Gasteiger partial charge in [-0.2, -0.15) is 9.81 Å². The van der Waals surface area contributed by atoms with Crippen LogP contribution in [0.25, 0.3) is 0 Å². The maximum absolute atomic E-state index is 12.2. The molecular weight excluding hydrogens is 506 g/mol. The van der Waals surface area contributed by atoms with Crippen LogP contribution < -0.4 is 21.3 Å². The second kappa shape index (κ2) is 23.8. The lowest BCUT2D eigenvalue weighted by atomic mass is 9.97. The number of nitroso groups, excluding NO2 is 2. The summed E-state index contributed by atoms with van der Waals surface area (Å²) in [6.07, 6.45) is 2.80. The highest BCUT2D eigenvalue weighted by molar-refractivity contribution is 5.83. The van der Waals surface area contributed by atoms with Crippen molar-refractivity contribution in [3.63, 3.8) is 0 Å². The molecule has 0 bridgehead atoms. The second-order valence-corrected chi connectivity index (χ2v) is 10.2. The quantitative estimate of drug-likeness (QED) is 0.0860. The molecule has 2 atom stereocenters.